The van der Waals surface area contributed by atoms with Gasteiger partial charge in [-0.25, -0.2) is 19.9 Å². The number of carbonyl (C=O) groups is 2. The van der Waals surface area contributed by atoms with Crippen LogP contribution in [0.4, 0.5) is 23.3 Å². The van der Waals surface area contributed by atoms with Gasteiger partial charge >= 0.3 is 0 Å². The Labute approximate surface area is 223 Å². The van der Waals surface area contributed by atoms with E-state index in [1.54, 1.807) is 48.9 Å². The van der Waals surface area contributed by atoms with Gasteiger partial charge in [-0.3, -0.25) is 9.59 Å². The van der Waals surface area contributed by atoms with E-state index in [0.29, 0.717) is 60.0 Å². The van der Waals surface area contributed by atoms with Crippen LogP contribution in [0, 0.1) is 0 Å². The van der Waals surface area contributed by atoms with Gasteiger partial charge in [0.15, 0.2) is 0 Å². The molecule has 2 aliphatic rings. The minimum Gasteiger partial charge on any atom is -0.337 e. The summed E-state index contributed by atoms with van der Waals surface area (Å²) in [4.78, 5) is 47.0. The molecule has 0 radical (unpaired) electrons. The number of carbonyl (C=O) groups excluding carboxylic acids is 2. The minimum atomic E-state index is -0.147. The van der Waals surface area contributed by atoms with Crippen molar-refractivity contribution in [1.82, 2.24) is 24.8 Å². The highest BCUT2D eigenvalue weighted by molar-refractivity contribution is 6.31. The molecule has 0 aliphatic carbocycles. The van der Waals surface area contributed by atoms with E-state index in [-0.39, 0.29) is 18.2 Å². The average Bonchev–Trinajstić information content (AvgIpc) is 3.08. The first-order valence-electron chi connectivity index (χ1n) is 12.2. The first-order valence-corrected chi connectivity index (χ1v) is 12.6. The fourth-order valence-corrected chi connectivity index (χ4v) is 4.77. The third-order valence-electron chi connectivity index (χ3n) is 6.52. The molecular formula is C27H23ClN8O2. The molecule has 38 heavy (non-hydrogen) atoms. The Kier molecular flexibility index (Phi) is 6.30. The van der Waals surface area contributed by atoms with Gasteiger partial charge in [-0.1, -0.05) is 11.6 Å². The van der Waals surface area contributed by atoms with Crippen molar-refractivity contribution in [2.45, 2.75) is 6.42 Å². The van der Waals surface area contributed by atoms with E-state index < -0.39 is 0 Å². The Hall–Kier alpha value is -4.57. The van der Waals surface area contributed by atoms with Gasteiger partial charge in [-0.05, 0) is 48.5 Å². The number of piperazine rings is 1. The van der Waals surface area contributed by atoms with Crippen LogP contribution in [0.1, 0.15) is 15.9 Å². The first kappa shape index (κ1) is 23.8. The van der Waals surface area contributed by atoms with E-state index in [1.807, 2.05) is 23.1 Å². The van der Waals surface area contributed by atoms with E-state index in [9.17, 15) is 9.59 Å². The zero-order chi connectivity index (χ0) is 26.1. The molecule has 4 aromatic rings. The molecule has 2 aromatic carbocycles. The smallest absolute Gasteiger partial charge is 0.253 e. The molecule has 190 valence electrons. The second-order valence-electron chi connectivity index (χ2n) is 9.01. The Balaban J connectivity index is 1.14. The number of rotatable bonds is 4. The van der Waals surface area contributed by atoms with E-state index in [2.05, 4.69) is 35.5 Å². The molecule has 2 aliphatic heterocycles. The third-order valence-corrected chi connectivity index (χ3v) is 6.75. The zero-order valence-electron chi connectivity index (χ0n) is 20.3. The average molecular weight is 527 g/mol. The summed E-state index contributed by atoms with van der Waals surface area (Å²) < 4.78 is 0. The minimum absolute atomic E-state index is 0.0149. The molecule has 0 saturated carbocycles. The molecule has 2 amide bonds. The van der Waals surface area contributed by atoms with E-state index in [1.165, 1.54) is 0 Å². The lowest BCUT2D eigenvalue weighted by molar-refractivity contribution is -0.115. The standard InChI is InChI=1S/C27H23ClN8O2/c28-19-4-7-21-22(15-19)33-23(37)14-18-16-31-26(34-24(18)21)32-20-5-2-17(3-6-20)25(38)35-10-12-36(13-11-35)27-29-8-1-9-30-27/h1-9,15-16H,10-14H2,(H,33,37)(H,31,32,34). The highest BCUT2D eigenvalue weighted by Crippen LogP contribution is 2.34. The second kappa shape index (κ2) is 10.1. The molecule has 0 unspecified atom stereocenters. The molecule has 2 N–H and O–H groups in total. The van der Waals surface area contributed by atoms with Gasteiger partial charge in [0.25, 0.3) is 5.91 Å². The van der Waals surface area contributed by atoms with Crippen LogP contribution in [-0.2, 0) is 11.2 Å². The van der Waals surface area contributed by atoms with Crippen molar-refractivity contribution in [2.24, 2.45) is 0 Å². The van der Waals surface area contributed by atoms with Crippen molar-refractivity contribution in [3.05, 3.63) is 83.3 Å². The SMILES string of the molecule is O=C1Cc2cnc(Nc3ccc(C(=O)N4CCN(c5ncccn5)CC4)cc3)nc2-c2ccc(Cl)cc2N1. The molecule has 0 spiro atoms. The first-order chi connectivity index (χ1) is 18.5. The van der Waals surface area contributed by atoms with Gasteiger partial charge in [-0.15, -0.1) is 0 Å². The third kappa shape index (κ3) is 4.85. The van der Waals surface area contributed by atoms with Crippen LogP contribution in [0.3, 0.4) is 0 Å². The quantitative estimate of drug-likeness (QED) is 0.412. The number of halogens is 1. The molecule has 1 fully saturated rings. The maximum Gasteiger partial charge on any atom is 0.253 e. The predicted octanol–water partition coefficient (Wildman–Crippen LogP) is 3.79. The van der Waals surface area contributed by atoms with Crippen LogP contribution in [-0.4, -0.2) is 62.8 Å². The number of nitrogens with zero attached hydrogens (tertiary/aromatic N) is 6. The van der Waals surface area contributed by atoms with Crippen LogP contribution in [0.5, 0.6) is 0 Å². The molecule has 0 bridgehead atoms. The summed E-state index contributed by atoms with van der Waals surface area (Å²) in [5, 5.41) is 6.61. The van der Waals surface area contributed by atoms with Crippen LogP contribution >= 0.6 is 11.6 Å². The molecule has 0 atom stereocenters. The number of nitrogens with one attached hydrogen (secondary N) is 2. The molecular weight excluding hydrogens is 504 g/mol. The van der Waals surface area contributed by atoms with E-state index in [4.69, 9.17) is 11.6 Å². The predicted molar refractivity (Wildman–Crippen MR) is 145 cm³/mol. The topological polar surface area (TPSA) is 116 Å². The molecule has 4 heterocycles. The number of amides is 2. The monoisotopic (exact) mass is 526 g/mol. The van der Waals surface area contributed by atoms with Crippen molar-refractivity contribution in [1.29, 1.82) is 0 Å². The Morgan fingerprint density at radius 3 is 2.50 bits per heavy atom. The van der Waals surface area contributed by atoms with E-state index in [0.717, 1.165) is 16.8 Å². The number of hydrogen-bond acceptors (Lipinski definition) is 8. The highest BCUT2D eigenvalue weighted by Gasteiger charge is 2.24. The fraction of sp³-hybridized carbons (Fsp3) is 0.185. The lowest BCUT2D eigenvalue weighted by atomic mass is 10.1. The van der Waals surface area contributed by atoms with Gasteiger partial charge in [-0.2, -0.15) is 0 Å². The van der Waals surface area contributed by atoms with Gasteiger partial charge in [0.05, 0.1) is 17.8 Å². The fourth-order valence-electron chi connectivity index (χ4n) is 4.60. The summed E-state index contributed by atoms with van der Waals surface area (Å²) in [5.74, 6) is 0.910. The van der Waals surface area contributed by atoms with Gasteiger partial charge in [0, 0.05) is 72.2 Å². The summed E-state index contributed by atoms with van der Waals surface area (Å²) in [5.41, 5.74) is 4.14. The summed E-state index contributed by atoms with van der Waals surface area (Å²) in [6.45, 7) is 2.57. The van der Waals surface area contributed by atoms with Crippen LogP contribution < -0.4 is 15.5 Å². The van der Waals surface area contributed by atoms with Crippen molar-refractivity contribution in [2.75, 3.05) is 41.7 Å². The van der Waals surface area contributed by atoms with Gasteiger partial charge in [0.2, 0.25) is 17.8 Å². The summed E-state index contributed by atoms with van der Waals surface area (Å²) in [6.07, 6.45) is 5.27. The second-order valence-corrected chi connectivity index (χ2v) is 9.45. The number of hydrogen-bond donors (Lipinski definition) is 2. The molecule has 1 saturated heterocycles. The van der Waals surface area contributed by atoms with Gasteiger partial charge < -0.3 is 20.4 Å². The summed E-state index contributed by atoms with van der Waals surface area (Å²) >= 11 is 6.13. The summed E-state index contributed by atoms with van der Waals surface area (Å²) in [7, 11) is 0. The van der Waals surface area contributed by atoms with Crippen molar-refractivity contribution < 1.29 is 9.59 Å². The molecule has 11 heteroatoms. The van der Waals surface area contributed by atoms with Crippen molar-refractivity contribution in [3.8, 4) is 11.3 Å². The number of benzene rings is 2. The Morgan fingerprint density at radius 2 is 1.74 bits per heavy atom. The summed E-state index contributed by atoms with van der Waals surface area (Å²) in [6, 6.07) is 14.3. The molecule has 10 nitrogen and oxygen atoms in total. The van der Waals surface area contributed by atoms with Crippen LogP contribution in [0.15, 0.2) is 67.1 Å². The van der Waals surface area contributed by atoms with Crippen LogP contribution in [0.25, 0.3) is 11.3 Å². The van der Waals surface area contributed by atoms with Crippen LogP contribution in [0.2, 0.25) is 5.02 Å². The number of anilines is 4. The normalized spacial score (nSPS) is 14.7. The maximum atomic E-state index is 13.1. The van der Waals surface area contributed by atoms with Gasteiger partial charge in [0.1, 0.15) is 0 Å². The molecule has 6 rings (SSSR count). The van der Waals surface area contributed by atoms with E-state index >= 15 is 0 Å². The maximum absolute atomic E-state index is 13.1. The highest BCUT2D eigenvalue weighted by atomic mass is 35.5. The lowest BCUT2D eigenvalue weighted by Gasteiger charge is -2.34. The molecule has 2 aromatic heterocycles. The van der Waals surface area contributed by atoms with Crippen molar-refractivity contribution in [3.63, 3.8) is 0 Å². The van der Waals surface area contributed by atoms with Crippen molar-refractivity contribution >= 4 is 46.7 Å². The Bertz CT molecular complexity index is 1510. The number of aromatic nitrogens is 4. The number of fused-ring (bicyclic) bond motifs is 3. The zero-order valence-corrected chi connectivity index (χ0v) is 21.0. The largest absolute Gasteiger partial charge is 0.337 e. The Morgan fingerprint density at radius 1 is 0.974 bits per heavy atom. The lowest BCUT2D eigenvalue weighted by Crippen LogP contribution is -2.49.